The number of nitrogens with one attached hydrogen (secondary N) is 1. The molecule has 2 rings (SSSR count). The van der Waals surface area contributed by atoms with E-state index in [9.17, 15) is 5.11 Å². The van der Waals surface area contributed by atoms with Crippen molar-refractivity contribution in [1.29, 1.82) is 0 Å². The number of likely N-dealkylation sites (N-methyl/N-ethyl adjacent to an activating group) is 1. The first-order valence-corrected chi connectivity index (χ1v) is 8.38. The predicted molar refractivity (Wildman–Crippen MR) is 88.3 cm³/mol. The molecule has 1 aliphatic rings. The lowest BCUT2D eigenvalue weighted by molar-refractivity contribution is 0.117. The van der Waals surface area contributed by atoms with E-state index in [1.54, 1.807) is 0 Å². The van der Waals surface area contributed by atoms with Gasteiger partial charge in [-0.05, 0) is 37.4 Å². The Morgan fingerprint density at radius 1 is 1.29 bits per heavy atom. The molecule has 0 amide bonds. The predicted octanol–water partition coefficient (Wildman–Crippen LogP) is 2.61. The Morgan fingerprint density at radius 3 is 2.67 bits per heavy atom. The van der Waals surface area contributed by atoms with Crippen LogP contribution in [0.5, 0.6) is 0 Å². The van der Waals surface area contributed by atoms with E-state index in [4.69, 9.17) is 0 Å². The van der Waals surface area contributed by atoms with Crippen LogP contribution in [0.4, 0.5) is 0 Å². The van der Waals surface area contributed by atoms with Crippen LogP contribution in [-0.2, 0) is 5.54 Å². The zero-order chi connectivity index (χ0) is 15.1. The Bertz CT molecular complexity index is 409. The number of hydrogen-bond acceptors (Lipinski definition) is 3. The molecule has 3 nitrogen and oxygen atoms in total. The van der Waals surface area contributed by atoms with Gasteiger partial charge in [0, 0.05) is 13.1 Å². The smallest absolute Gasteiger partial charge is 0.0797 e. The van der Waals surface area contributed by atoms with Gasteiger partial charge >= 0.3 is 0 Å². The van der Waals surface area contributed by atoms with Gasteiger partial charge in [-0.15, -0.1) is 0 Å². The summed E-state index contributed by atoms with van der Waals surface area (Å²) in [4.78, 5) is 2.52. The van der Waals surface area contributed by atoms with Gasteiger partial charge in [0.15, 0.2) is 0 Å². The van der Waals surface area contributed by atoms with Crippen molar-refractivity contribution >= 4 is 0 Å². The van der Waals surface area contributed by atoms with Gasteiger partial charge < -0.3 is 15.3 Å². The third-order valence-electron chi connectivity index (χ3n) is 4.67. The lowest BCUT2D eigenvalue weighted by Gasteiger charge is -2.37. The molecular weight excluding hydrogens is 260 g/mol. The monoisotopic (exact) mass is 290 g/mol. The highest BCUT2D eigenvalue weighted by Crippen LogP contribution is 2.27. The fourth-order valence-corrected chi connectivity index (χ4v) is 3.62. The summed E-state index contributed by atoms with van der Waals surface area (Å²) >= 11 is 0. The van der Waals surface area contributed by atoms with Gasteiger partial charge in [-0.3, -0.25) is 0 Å². The minimum absolute atomic E-state index is 0.139. The van der Waals surface area contributed by atoms with Crippen molar-refractivity contribution in [1.82, 2.24) is 10.2 Å². The summed E-state index contributed by atoms with van der Waals surface area (Å²) in [7, 11) is 0. The van der Waals surface area contributed by atoms with Crippen LogP contribution in [0.1, 0.15) is 38.7 Å². The first kappa shape index (κ1) is 16.5. The molecule has 0 aromatic heterocycles. The third-order valence-corrected chi connectivity index (χ3v) is 4.67. The van der Waals surface area contributed by atoms with Gasteiger partial charge in [0.05, 0.1) is 12.1 Å². The van der Waals surface area contributed by atoms with E-state index >= 15 is 0 Å². The fourth-order valence-electron chi connectivity index (χ4n) is 3.62. The Morgan fingerprint density at radius 2 is 2.05 bits per heavy atom. The highest BCUT2D eigenvalue weighted by Gasteiger charge is 2.35. The van der Waals surface area contributed by atoms with Crippen molar-refractivity contribution in [3.63, 3.8) is 0 Å². The van der Waals surface area contributed by atoms with Crippen molar-refractivity contribution in [2.75, 3.05) is 32.8 Å². The van der Waals surface area contributed by atoms with Gasteiger partial charge in [-0.1, -0.05) is 50.6 Å². The first-order valence-electron chi connectivity index (χ1n) is 8.38. The molecule has 2 unspecified atom stereocenters. The van der Waals surface area contributed by atoms with Crippen LogP contribution in [0.15, 0.2) is 30.3 Å². The van der Waals surface area contributed by atoms with Gasteiger partial charge in [0.25, 0.3) is 0 Å². The Labute approximate surface area is 129 Å². The molecule has 3 heteroatoms. The normalized spacial score (nSPS) is 22.3. The first-order chi connectivity index (χ1) is 10.2. The maximum Gasteiger partial charge on any atom is 0.0797 e. The second-order valence-electron chi connectivity index (χ2n) is 6.32. The van der Waals surface area contributed by atoms with Crippen LogP contribution < -0.4 is 5.32 Å². The lowest BCUT2D eigenvalue weighted by Crippen LogP contribution is -2.53. The van der Waals surface area contributed by atoms with E-state index < -0.39 is 0 Å². The summed E-state index contributed by atoms with van der Waals surface area (Å²) < 4.78 is 0. The second kappa shape index (κ2) is 7.92. The van der Waals surface area contributed by atoms with Crippen LogP contribution in [0, 0.1) is 5.92 Å². The number of nitrogens with zero attached hydrogens (tertiary/aromatic N) is 1. The van der Waals surface area contributed by atoms with Crippen LogP contribution in [0.3, 0.4) is 0 Å². The summed E-state index contributed by atoms with van der Waals surface area (Å²) in [5.41, 5.74) is 0.852. The molecule has 0 aliphatic carbocycles. The molecule has 1 aromatic carbocycles. The molecule has 1 aromatic rings. The molecule has 0 saturated carbocycles. The molecule has 118 valence electrons. The quantitative estimate of drug-likeness (QED) is 0.772. The lowest BCUT2D eigenvalue weighted by atomic mass is 9.89. The summed E-state index contributed by atoms with van der Waals surface area (Å²) in [6.07, 6.45) is 3.90. The molecule has 0 spiro atoms. The summed E-state index contributed by atoms with van der Waals surface area (Å²) in [6, 6.07) is 10.4. The molecule has 1 heterocycles. The van der Waals surface area contributed by atoms with Gasteiger partial charge in [-0.25, -0.2) is 0 Å². The fraction of sp³-hybridized carbons (Fsp3) is 0.667. The molecule has 0 bridgehead atoms. The molecule has 21 heavy (non-hydrogen) atoms. The summed E-state index contributed by atoms with van der Waals surface area (Å²) in [5.74, 6) is 0.837. The largest absolute Gasteiger partial charge is 0.394 e. The zero-order valence-corrected chi connectivity index (χ0v) is 13.5. The van der Waals surface area contributed by atoms with Gasteiger partial charge in [0.1, 0.15) is 0 Å². The standard InChI is InChI=1S/C18H30N2O/c1-3-8-16-11-12-20(13-16)14-18(15-21,19-4-2)17-9-6-5-7-10-17/h5-7,9-10,16,19,21H,3-4,8,11-15H2,1-2H3. The van der Waals surface area contributed by atoms with E-state index in [1.807, 2.05) is 6.07 Å². The molecular formula is C18H30N2O. The number of aliphatic hydroxyl groups is 1. The van der Waals surface area contributed by atoms with E-state index in [0.29, 0.717) is 0 Å². The van der Waals surface area contributed by atoms with E-state index in [2.05, 4.69) is 48.3 Å². The highest BCUT2D eigenvalue weighted by atomic mass is 16.3. The maximum absolute atomic E-state index is 10.1. The van der Waals surface area contributed by atoms with E-state index in [-0.39, 0.29) is 12.1 Å². The van der Waals surface area contributed by atoms with Crippen LogP contribution >= 0.6 is 0 Å². The summed E-state index contributed by atoms with van der Waals surface area (Å²) in [5, 5.41) is 13.6. The van der Waals surface area contributed by atoms with Crippen LogP contribution in [-0.4, -0.2) is 42.8 Å². The molecule has 2 N–H and O–H groups in total. The Balaban J connectivity index is 2.10. The minimum atomic E-state index is -0.336. The van der Waals surface area contributed by atoms with Crippen LogP contribution in [0.25, 0.3) is 0 Å². The Kier molecular flexibility index (Phi) is 6.22. The van der Waals surface area contributed by atoms with Gasteiger partial charge in [-0.2, -0.15) is 0 Å². The summed E-state index contributed by atoms with van der Waals surface area (Å²) in [6.45, 7) is 8.60. The number of rotatable bonds is 8. The zero-order valence-electron chi connectivity index (χ0n) is 13.5. The molecule has 0 radical (unpaired) electrons. The number of benzene rings is 1. The molecule has 2 atom stereocenters. The average Bonchev–Trinajstić information content (AvgIpc) is 2.95. The average molecular weight is 290 g/mol. The van der Waals surface area contributed by atoms with Crippen LogP contribution in [0.2, 0.25) is 0 Å². The third kappa shape index (κ3) is 4.06. The van der Waals surface area contributed by atoms with Crippen molar-refractivity contribution in [2.24, 2.45) is 5.92 Å². The highest BCUT2D eigenvalue weighted by molar-refractivity contribution is 5.25. The maximum atomic E-state index is 10.1. The molecule has 1 saturated heterocycles. The number of hydrogen-bond donors (Lipinski definition) is 2. The Hall–Kier alpha value is -0.900. The van der Waals surface area contributed by atoms with E-state index in [0.717, 1.165) is 25.6 Å². The van der Waals surface area contributed by atoms with E-state index in [1.165, 1.54) is 31.4 Å². The molecule has 1 aliphatic heterocycles. The topological polar surface area (TPSA) is 35.5 Å². The second-order valence-corrected chi connectivity index (χ2v) is 6.32. The molecule has 1 fully saturated rings. The van der Waals surface area contributed by atoms with Crippen molar-refractivity contribution in [3.8, 4) is 0 Å². The number of aliphatic hydroxyl groups excluding tert-OH is 1. The van der Waals surface area contributed by atoms with Crippen molar-refractivity contribution < 1.29 is 5.11 Å². The van der Waals surface area contributed by atoms with Crippen molar-refractivity contribution in [3.05, 3.63) is 35.9 Å². The number of likely N-dealkylation sites (tertiary alicyclic amines) is 1. The van der Waals surface area contributed by atoms with Crippen molar-refractivity contribution in [2.45, 2.75) is 38.6 Å². The van der Waals surface area contributed by atoms with Gasteiger partial charge in [0.2, 0.25) is 0 Å². The SMILES string of the molecule is CCCC1CCN(CC(CO)(NCC)c2ccccc2)C1. The minimum Gasteiger partial charge on any atom is -0.394 e.